The third kappa shape index (κ3) is 2.90. The first-order chi connectivity index (χ1) is 8.70. The summed E-state index contributed by atoms with van der Waals surface area (Å²) in [6.07, 6.45) is 0.897. The third-order valence-electron chi connectivity index (χ3n) is 3.01. The fourth-order valence-electron chi connectivity index (χ4n) is 1.83. The van der Waals surface area contributed by atoms with Crippen LogP contribution in [0.2, 0.25) is 0 Å². The highest BCUT2D eigenvalue weighted by Crippen LogP contribution is 2.29. The van der Waals surface area contributed by atoms with Crippen molar-refractivity contribution in [2.45, 2.75) is 26.3 Å². The SMILES string of the molecule is CC[C@@H](N)c1ccccc1Oc1ccc(C)cc1. The Labute approximate surface area is 108 Å². The van der Waals surface area contributed by atoms with Crippen LogP contribution in [0.25, 0.3) is 0 Å². The van der Waals surface area contributed by atoms with E-state index < -0.39 is 0 Å². The monoisotopic (exact) mass is 241 g/mol. The summed E-state index contributed by atoms with van der Waals surface area (Å²) < 4.78 is 5.91. The van der Waals surface area contributed by atoms with Gasteiger partial charge in [0.1, 0.15) is 11.5 Å². The molecule has 1 atom stereocenters. The van der Waals surface area contributed by atoms with E-state index in [9.17, 15) is 0 Å². The van der Waals surface area contributed by atoms with E-state index in [-0.39, 0.29) is 6.04 Å². The summed E-state index contributed by atoms with van der Waals surface area (Å²) in [5.41, 5.74) is 8.37. The average molecular weight is 241 g/mol. The van der Waals surface area contributed by atoms with E-state index in [1.54, 1.807) is 0 Å². The topological polar surface area (TPSA) is 35.2 Å². The van der Waals surface area contributed by atoms with Gasteiger partial charge in [-0.15, -0.1) is 0 Å². The Morgan fingerprint density at radius 1 is 1.06 bits per heavy atom. The summed E-state index contributed by atoms with van der Waals surface area (Å²) in [7, 11) is 0. The number of ether oxygens (including phenoxy) is 1. The van der Waals surface area contributed by atoms with Gasteiger partial charge < -0.3 is 10.5 Å². The fraction of sp³-hybridized carbons (Fsp3) is 0.250. The maximum atomic E-state index is 6.09. The minimum atomic E-state index is 0.0200. The molecular weight excluding hydrogens is 222 g/mol. The van der Waals surface area contributed by atoms with Crippen molar-refractivity contribution < 1.29 is 4.74 Å². The molecule has 2 nitrogen and oxygen atoms in total. The summed E-state index contributed by atoms with van der Waals surface area (Å²) in [4.78, 5) is 0. The molecule has 0 saturated heterocycles. The minimum absolute atomic E-state index is 0.0200. The summed E-state index contributed by atoms with van der Waals surface area (Å²) in [6.45, 7) is 4.14. The van der Waals surface area contributed by atoms with Crippen LogP contribution in [0.5, 0.6) is 11.5 Å². The maximum Gasteiger partial charge on any atom is 0.132 e. The smallest absolute Gasteiger partial charge is 0.132 e. The van der Waals surface area contributed by atoms with Gasteiger partial charge in [-0.2, -0.15) is 0 Å². The van der Waals surface area contributed by atoms with Crippen molar-refractivity contribution >= 4 is 0 Å². The third-order valence-corrected chi connectivity index (χ3v) is 3.01. The van der Waals surface area contributed by atoms with E-state index in [0.29, 0.717) is 0 Å². The van der Waals surface area contributed by atoms with E-state index in [0.717, 1.165) is 23.5 Å². The van der Waals surface area contributed by atoms with E-state index in [1.165, 1.54) is 5.56 Å². The molecule has 0 amide bonds. The highest BCUT2D eigenvalue weighted by Gasteiger charge is 2.10. The van der Waals surface area contributed by atoms with Gasteiger partial charge in [-0.25, -0.2) is 0 Å². The van der Waals surface area contributed by atoms with Gasteiger partial charge in [-0.1, -0.05) is 42.8 Å². The van der Waals surface area contributed by atoms with Gasteiger partial charge in [-0.3, -0.25) is 0 Å². The van der Waals surface area contributed by atoms with E-state index in [2.05, 4.69) is 13.8 Å². The van der Waals surface area contributed by atoms with Crippen LogP contribution in [0.1, 0.15) is 30.5 Å². The molecule has 0 aliphatic heterocycles. The first-order valence-corrected chi connectivity index (χ1v) is 6.29. The van der Waals surface area contributed by atoms with Crippen LogP contribution in [0.3, 0.4) is 0 Å². The van der Waals surface area contributed by atoms with Crippen LogP contribution < -0.4 is 10.5 Å². The van der Waals surface area contributed by atoms with Crippen molar-refractivity contribution in [1.82, 2.24) is 0 Å². The van der Waals surface area contributed by atoms with Gasteiger partial charge in [-0.05, 0) is 31.5 Å². The minimum Gasteiger partial charge on any atom is -0.457 e. The van der Waals surface area contributed by atoms with Gasteiger partial charge in [0.25, 0.3) is 0 Å². The molecule has 0 unspecified atom stereocenters. The molecule has 0 fully saturated rings. The molecule has 0 spiro atoms. The second-order valence-electron chi connectivity index (χ2n) is 4.47. The van der Waals surface area contributed by atoms with Crippen molar-refractivity contribution in [3.05, 3.63) is 59.7 Å². The molecule has 2 rings (SSSR count). The van der Waals surface area contributed by atoms with Gasteiger partial charge in [0.05, 0.1) is 0 Å². The quantitative estimate of drug-likeness (QED) is 0.870. The predicted molar refractivity (Wildman–Crippen MR) is 74.9 cm³/mol. The van der Waals surface area contributed by atoms with Gasteiger partial charge in [0.2, 0.25) is 0 Å². The van der Waals surface area contributed by atoms with Gasteiger partial charge >= 0.3 is 0 Å². The van der Waals surface area contributed by atoms with Crippen molar-refractivity contribution in [3.63, 3.8) is 0 Å². The summed E-state index contributed by atoms with van der Waals surface area (Å²) in [5, 5.41) is 0. The molecule has 0 saturated carbocycles. The molecule has 18 heavy (non-hydrogen) atoms. The molecule has 0 aliphatic carbocycles. The summed E-state index contributed by atoms with van der Waals surface area (Å²) in [5.74, 6) is 1.69. The van der Waals surface area contributed by atoms with Crippen LogP contribution in [-0.2, 0) is 0 Å². The lowest BCUT2D eigenvalue weighted by atomic mass is 10.0. The molecule has 0 aromatic heterocycles. The Kier molecular flexibility index (Phi) is 4.00. The van der Waals surface area contributed by atoms with Crippen LogP contribution in [-0.4, -0.2) is 0 Å². The zero-order chi connectivity index (χ0) is 13.0. The first kappa shape index (κ1) is 12.7. The number of para-hydroxylation sites is 1. The van der Waals surface area contributed by atoms with E-state index in [1.807, 2.05) is 48.5 Å². The molecule has 2 heteroatoms. The molecule has 0 aliphatic rings. The van der Waals surface area contributed by atoms with Crippen molar-refractivity contribution in [1.29, 1.82) is 0 Å². The molecule has 0 bridgehead atoms. The zero-order valence-electron chi connectivity index (χ0n) is 10.9. The highest BCUT2D eigenvalue weighted by atomic mass is 16.5. The van der Waals surface area contributed by atoms with Crippen molar-refractivity contribution in [2.75, 3.05) is 0 Å². The van der Waals surface area contributed by atoms with E-state index >= 15 is 0 Å². The second kappa shape index (κ2) is 5.69. The van der Waals surface area contributed by atoms with Crippen molar-refractivity contribution in [3.8, 4) is 11.5 Å². The number of benzene rings is 2. The molecule has 2 N–H and O–H groups in total. The lowest BCUT2D eigenvalue weighted by molar-refractivity contribution is 0.468. The Morgan fingerprint density at radius 2 is 1.72 bits per heavy atom. The lowest BCUT2D eigenvalue weighted by Gasteiger charge is -2.15. The first-order valence-electron chi connectivity index (χ1n) is 6.29. The lowest BCUT2D eigenvalue weighted by Crippen LogP contribution is -2.09. The Hall–Kier alpha value is -1.80. The number of rotatable bonds is 4. The van der Waals surface area contributed by atoms with Crippen LogP contribution in [0, 0.1) is 6.92 Å². The van der Waals surface area contributed by atoms with Gasteiger partial charge in [0.15, 0.2) is 0 Å². The molecule has 0 radical (unpaired) electrons. The average Bonchev–Trinajstić information content (AvgIpc) is 2.41. The zero-order valence-corrected chi connectivity index (χ0v) is 10.9. The predicted octanol–water partition coefficient (Wildman–Crippen LogP) is 4.20. The van der Waals surface area contributed by atoms with Crippen LogP contribution in [0.15, 0.2) is 48.5 Å². The van der Waals surface area contributed by atoms with Crippen molar-refractivity contribution in [2.24, 2.45) is 5.73 Å². The molecule has 0 heterocycles. The maximum absolute atomic E-state index is 6.09. The van der Waals surface area contributed by atoms with Crippen LogP contribution >= 0.6 is 0 Å². The second-order valence-corrected chi connectivity index (χ2v) is 4.47. The number of hydrogen-bond acceptors (Lipinski definition) is 2. The Bertz CT molecular complexity index is 505. The van der Waals surface area contributed by atoms with E-state index in [4.69, 9.17) is 10.5 Å². The summed E-state index contributed by atoms with van der Waals surface area (Å²) in [6, 6.07) is 16.0. The van der Waals surface area contributed by atoms with Gasteiger partial charge in [0, 0.05) is 11.6 Å². The Morgan fingerprint density at radius 3 is 2.39 bits per heavy atom. The Balaban J connectivity index is 2.26. The number of nitrogens with two attached hydrogens (primary N) is 1. The fourth-order valence-corrected chi connectivity index (χ4v) is 1.83. The number of hydrogen-bond donors (Lipinski definition) is 1. The standard InChI is InChI=1S/C16H19NO/c1-3-15(17)14-6-4-5-7-16(14)18-13-10-8-12(2)9-11-13/h4-11,15H,3,17H2,1-2H3/t15-/m1/s1. The largest absolute Gasteiger partial charge is 0.457 e. The molecule has 2 aromatic carbocycles. The molecular formula is C16H19NO. The highest BCUT2D eigenvalue weighted by molar-refractivity contribution is 5.40. The molecule has 2 aromatic rings. The van der Waals surface area contributed by atoms with Crippen LogP contribution in [0.4, 0.5) is 0 Å². The molecule has 94 valence electrons. The summed E-state index contributed by atoms with van der Waals surface area (Å²) >= 11 is 0. The normalized spacial score (nSPS) is 12.2. The number of aryl methyl sites for hydroxylation is 1.